The topological polar surface area (TPSA) is 97.2 Å². The number of carbonyl (C=O) groups excluding carboxylic acids is 1. The molecule has 9 heteroatoms. The van der Waals surface area contributed by atoms with Crippen LogP contribution in [-0.2, 0) is 27.9 Å². The van der Waals surface area contributed by atoms with E-state index in [4.69, 9.17) is 0 Å². The molecule has 8 nitrogen and oxygen atoms in total. The van der Waals surface area contributed by atoms with Gasteiger partial charge in [0.15, 0.2) is 0 Å². The molecule has 128 valence electrons. The van der Waals surface area contributed by atoms with Gasteiger partial charge in [0, 0.05) is 12.1 Å². The van der Waals surface area contributed by atoms with Crippen LogP contribution in [0.5, 0.6) is 0 Å². The highest BCUT2D eigenvalue weighted by Crippen LogP contribution is 2.28. The van der Waals surface area contributed by atoms with E-state index in [0.29, 0.717) is 5.69 Å². The van der Waals surface area contributed by atoms with Gasteiger partial charge >= 0.3 is 0 Å². The Kier molecular flexibility index (Phi) is 4.18. The molecular formula is C14H23N5O3S. The second kappa shape index (κ2) is 5.86. The first-order valence-corrected chi connectivity index (χ1v) is 9.50. The molecule has 0 bridgehead atoms. The van der Waals surface area contributed by atoms with Gasteiger partial charge in [0.1, 0.15) is 6.54 Å². The van der Waals surface area contributed by atoms with E-state index >= 15 is 0 Å². The highest BCUT2D eigenvalue weighted by molar-refractivity contribution is 7.90. The Bertz CT molecular complexity index is 693. The molecule has 0 unspecified atom stereocenters. The van der Waals surface area contributed by atoms with Gasteiger partial charge in [-0.15, -0.1) is 5.10 Å². The molecule has 1 aromatic rings. The van der Waals surface area contributed by atoms with Crippen LogP contribution in [0.15, 0.2) is 6.20 Å². The number of amides is 1. The lowest BCUT2D eigenvalue weighted by Crippen LogP contribution is -2.44. The van der Waals surface area contributed by atoms with Gasteiger partial charge in [-0.3, -0.25) is 4.79 Å². The maximum Gasteiger partial charge on any atom is 0.244 e. The molecule has 1 aliphatic heterocycles. The molecule has 0 aromatic carbocycles. The van der Waals surface area contributed by atoms with E-state index in [9.17, 15) is 13.2 Å². The number of nitrogens with one attached hydrogen (secondary N) is 1. The smallest absolute Gasteiger partial charge is 0.244 e. The third-order valence-electron chi connectivity index (χ3n) is 4.50. The minimum absolute atomic E-state index is 0.0162. The normalized spacial score (nSPS) is 20.9. The van der Waals surface area contributed by atoms with Crippen LogP contribution in [0.2, 0.25) is 0 Å². The van der Waals surface area contributed by atoms with E-state index in [0.717, 1.165) is 32.2 Å². The first kappa shape index (κ1) is 16.4. The monoisotopic (exact) mass is 341 g/mol. The molecule has 0 atom stereocenters. The summed E-state index contributed by atoms with van der Waals surface area (Å²) >= 11 is 0. The second-order valence-electron chi connectivity index (χ2n) is 6.93. The molecule has 1 aliphatic carbocycles. The predicted octanol–water partition coefficient (Wildman–Crippen LogP) is 0.261. The van der Waals surface area contributed by atoms with E-state index < -0.39 is 10.0 Å². The van der Waals surface area contributed by atoms with Gasteiger partial charge in [-0.25, -0.2) is 17.8 Å². The fraction of sp³-hybridized carbons (Fsp3) is 0.786. The van der Waals surface area contributed by atoms with Crippen molar-refractivity contribution in [3.63, 3.8) is 0 Å². The molecule has 1 saturated carbocycles. The quantitative estimate of drug-likeness (QED) is 0.800. The van der Waals surface area contributed by atoms with E-state index in [1.165, 1.54) is 4.68 Å². The summed E-state index contributed by atoms with van der Waals surface area (Å²) in [6.45, 7) is 5.15. The molecule has 1 saturated heterocycles. The number of hydrogen-bond acceptors (Lipinski definition) is 5. The van der Waals surface area contributed by atoms with E-state index in [2.05, 4.69) is 28.9 Å². The summed E-state index contributed by atoms with van der Waals surface area (Å²) in [5.74, 6) is 0.0162. The zero-order chi connectivity index (χ0) is 16.7. The number of hydrogen-bond donors (Lipinski definition) is 1. The van der Waals surface area contributed by atoms with E-state index in [1.54, 1.807) is 6.20 Å². The summed E-state index contributed by atoms with van der Waals surface area (Å²) in [5.41, 5.74) is 0.406. The van der Waals surface area contributed by atoms with Crippen molar-refractivity contribution in [2.45, 2.75) is 63.4 Å². The van der Waals surface area contributed by atoms with Crippen LogP contribution in [0.1, 0.15) is 45.2 Å². The lowest BCUT2D eigenvalue weighted by Gasteiger charge is -2.31. The molecule has 0 spiro atoms. The van der Waals surface area contributed by atoms with Gasteiger partial charge in [-0.05, 0) is 39.5 Å². The molecule has 3 rings (SSSR count). The molecule has 2 heterocycles. The Labute approximate surface area is 136 Å². The minimum Gasteiger partial charge on any atom is -0.336 e. The number of rotatable bonds is 6. The summed E-state index contributed by atoms with van der Waals surface area (Å²) in [4.78, 5) is 14.3. The first-order chi connectivity index (χ1) is 10.8. The summed E-state index contributed by atoms with van der Waals surface area (Å²) in [6, 6.07) is 0. The predicted molar refractivity (Wildman–Crippen MR) is 83.8 cm³/mol. The van der Waals surface area contributed by atoms with Crippen LogP contribution in [0.4, 0.5) is 0 Å². The van der Waals surface area contributed by atoms with Gasteiger partial charge < -0.3 is 4.90 Å². The average Bonchev–Trinajstić information content (AvgIpc) is 3.15. The van der Waals surface area contributed by atoms with Crippen molar-refractivity contribution in [1.82, 2.24) is 24.6 Å². The molecule has 1 N–H and O–H groups in total. The van der Waals surface area contributed by atoms with Gasteiger partial charge in [0.2, 0.25) is 15.9 Å². The fourth-order valence-corrected chi connectivity index (χ4v) is 4.30. The molecule has 0 radical (unpaired) electrons. The standard InChI is InChI=1S/C14H23N5O3S/c1-14(2)6-3-7-19(14)13(20)10-18-9-11(16-17-18)8-15-23(21,22)12-4-5-12/h9,12,15H,3-8,10H2,1-2H3. The summed E-state index contributed by atoms with van der Waals surface area (Å²) in [6.07, 6.45) is 5.09. The number of carbonyl (C=O) groups is 1. The summed E-state index contributed by atoms with van der Waals surface area (Å²) in [7, 11) is -3.23. The van der Waals surface area contributed by atoms with Crippen molar-refractivity contribution in [3.8, 4) is 0 Å². The average molecular weight is 341 g/mol. The van der Waals surface area contributed by atoms with Crippen LogP contribution >= 0.6 is 0 Å². The Morgan fingerprint density at radius 3 is 2.78 bits per heavy atom. The third kappa shape index (κ3) is 3.72. The van der Waals surface area contributed by atoms with E-state index in [1.807, 2.05) is 4.90 Å². The third-order valence-corrected chi connectivity index (χ3v) is 6.40. The minimum atomic E-state index is -3.23. The van der Waals surface area contributed by atoms with Crippen LogP contribution in [0, 0.1) is 0 Å². The van der Waals surface area contributed by atoms with Crippen LogP contribution in [-0.4, -0.2) is 51.6 Å². The Hall–Kier alpha value is -1.48. The van der Waals surface area contributed by atoms with Crippen molar-refractivity contribution in [2.75, 3.05) is 6.54 Å². The lowest BCUT2D eigenvalue weighted by molar-refractivity contribution is -0.135. The SMILES string of the molecule is CC1(C)CCCN1C(=O)Cn1cc(CNS(=O)(=O)C2CC2)nn1. The first-order valence-electron chi connectivity index (χ1n) is 7.96. The number of likely N-dealkylation sites (tertiary alicyclic amines) is 1. The molecule has 23 heavy (non-hydrogen) atoms. The largest absolute Gasteiger partial charge is 0.336 e. The van der Waals surface area contributed by atoms with Crippen molar-refractivity contribution >= 4 is 15.9 Å². The van der Waals surface area contributed by atoms with Crippen molar-refractivity contribution in [1.29, 1.82) is 0 Å². The van der Waals surface area contributed by atoms with Gasteiger partial charge in [-0.2, -0.15) is 0 Å². The summed E-state index contributed by atoms with van der Waals surface area (Å²) < 4.78 is 27.5. The molecule has 1 aromatic heterocycles. The van der Waals surface area contributed by atoms with Crippen LogP contribution in [0.25, 0.3) is 0 Å². The van der Waals surface area contributed by atoms with Crippen molar-refractivity contribution < 1.29 is 13.2 Å². The van der Waals surface area contributed by atoms with E-state index in [-0.39, 0.29) is 29.8 Å². The maximum absolute atomic E-state index is 12.4. The highest BCUT2D eigenvalue weighted by atomic mass is 32.2. The maximum atomic E-state index is 12.4. The number of nitrogens with zero attached hydrogens (tertiary/aromatic N) is 4. The number of aromatic nitrogens is 3. The molecule has 2 fully saturated rings. The fourth-order valence-electron chi connectivity index (χ4n) is 2.96. The van der Waals surface area contributed by atoms with Crippen molar-refractivity contribution in [3.05, 3.63) is 11.9 Å². The molecular weight excluding hydrogens is 318 g/mol. The summed E-state index contributed by atoms with van der Waals surface area (Å²) in [5, 5.41) is 7.60. The molecule has 1 amide bonds. The second-order valence-corrected chi connectivity index (χ2v) is 8.98. The molecule has 2 aliphatic rings. The highest BCUT2D eigenvalue weighted by Gasteiger charge is 2.36. The zero-order valence-corrected chi connectivity index (χ0v) is 14.3. The Balaban J connectivity index is 1.56. The van der Waals surface area contributed by atoms with Crippen LogP contribution < -0.4 is 4.72 Å². The van der Waals surface area contributed by atoms with Gasteiger partial charge in [-0.1, -0.05) is 5.21 Å². The van der Waals surface area contributed by atoms with Gasteiger partial charge in [0.05, 0.1) is 23.7 Å². The zero-order valence-electron chi connectivity index (χ0n) is 13.5. The van der Waals surface area contributed by atoms with Crippen molar-refractivity contribution in [2.24, 2.45) is 0 Å². The number of sulfonamides is 1. The Morgan fingerprint density at radius 1 is 1.43 bits per heavy atom. The lowest BCUT2D eigenvalue weighted by atomic mass is 10.0. The Morgan fingerprint density at radius 2 is 2.17 bits per heavy atom. The van der Waals surface area contributed by atoms with Gasteiger partial charge in [0.25, 0.3) is 0 Å². The van der Waals surface area contributed by atoms with Crippen LogP contribution in [0.3, 0.4) is 0 Å².